The number of fused-ring (bicyclic) bond motifs is 1. The number of para-hydroxylation sites is 1. The maximum atomic E-state index is 14.0. The summed E-state index contributed by atoms with van der Waals surface area (Å²) in [4.78, 5) is 39.9. The van der Waals surface area contributed by atoms with Crippen molar-refractivity contribution in [1.82, 2.24) is 0 Å². The fourth-order valence-corrected chi connectivity index (χ4v) is 9.30. The number of hydrogen-bond acceptors (Lipinski definition) is 13. The van der Waals surface area contributed by atoms with Crippen LogP contribution in [-0.2, 0) is 38.1 Å². The summed E-state index contributed by atoms with van der Waals surface area (Å²) in [5.41, 5.74) is -9.60. The molecule has 40 heavy (non-hydrogen) atoms. The van der Waals surface area contributed by atoms with E-state index in [2.05, 4.69) is 0 Å². The van der Waals surface area contributed by atoms with Gasteiger partial charge in [-0.05, 0) is 24.5 Å². The van der Waals surface area contributed by atoms with Gasteiger partial charge in [0.25, 0.3) is 0 Å². The largest absolute Gasteiger partial charge is 0.456 e. The van der Waals surface area contributed by atoms with Crippen LogP contribution in [0.15, 0.2) is 30.3 Å². The first-order valence-electron chi connectivity index (χ1n) is 13.0. The maximum Gasteiger partial charge on any atom is 0.358 e. The van der Waals surface area contributed by atoms with Gasteiger partial charge in [-0.15, -0.1) is 0 Å². The first-order valence-corrected chi connectivity index (χ1v) is 13.4. The van der Waals surface area contributed by atoms with Gasteiger partial charge in [0.1, 0.15) is 17.3 Å². The number of benzene rings is 1. The topological polar surface area (TPSA) is 167 Å². The molecule has 1 aromatic carbocycles. The van der Waals surface area contributed by atoms with Crippen molar-refractivity contribution in [3.8, 4) is 5.75 Å². The molecule has 2 spiro atoms. The Labute approximate surface area is 233 Å². The monoisotopic (exact) mass is 576 g/mol. The first-order chi connectivity index (χ1) is 18.7. The lowest BCUT2D eigenvalue weighted by Gasteiger charge is -2.47. The molecule has 4 saturated heterocycles. The molecule has 4 aliphatic heterocycles. The SMILES string of the molecule is C[C@@H]1C(=O)OC2[C@H](OC(=S)Oc3ccccc3)C34C5OC(=O)C3(OC3OC(=O)[C@H](O)C34[C@H](C(C)(C)C)[C@H]5O)[C@]21O. The van der Waals surface area contributed by atoms with E-state index in [0.29, 0.717) is 5.75 Å². The Morgan fingerprint density at radius 2 is 1.68 bits per heavy atom. The van der Waals surface area contributed by atoms with Crippen LogP contribution < -0.4 is 4.74 Å². The summed E-state index contributed by atoms with van der Waals surface area (Å²) in [6, 6.07) is 8.41. The van der Waals surface area contributed by atoms with Gasteiger partial charge in [0, 0.05) is 18.1 Å². The minimum absolute atomic E-state index is 0.314. The van der Waals surface area contributed by atoms with Crippen LogP contribution in [0, 0.1) is 28.1 Å². The van der Waals surface area contributed by atoms with Gasteiger partial charge < -0.3 is 43.7 Å². The van der Waals surface area contributed by atoms with Crippen molar-refractivity contribution in [3.05, 3.63) is 30.3 Å². The third-order valence-electron chi connectivity index (χ3n) is 10.1. The van der Waals surface area contributed by atoms with E-state index in [4.69, 9.17) is 40.6 Å². The van der Waals surface area contributed by atoms with Gasteiger partial charge in [0.05, 0.1) is 17.4 Å². The average molecular weight is 577 g/mol. The molecule has 12 atom stereocenters. The molecule has 6 aliphatic rings. The highest BCUT2D eigenvalue weighted by molar-refractivity contribution is 7.79. The molecule has 0 bridgehead atoms. The second-order valence-electron chi connectivity index (χ2n) is 12.5. The maximum absolute atomic E-state index is 14.0. The van der Waals surface area contributed by atoms with Gasteiger partial charge in [-0.3, -0.25) is 4.79 Å². The summed E-state index contributed by atoms with van der Waals surface area (Å²) in [6.45, 7) is 6.72. The smallest absolute Gasteiger partial charge is 0.358 e. The summed E-state index contributed by atoms with van der Waals surface area (Å²) in [6.07, 6.45) is -9.62. The van der Waals surface area contributed by atoms with Gasteiger partial charge in [-0.2, -0.15) is 0 Å². The normalized spacial score (nSPS) is 49.5. The number of rotatable bonds is 2. The Hall–Kier alpha value is -2.84. The quantitative estimate of drug-likeness (QED) is 0.245. The molecule has 6 unspecified atom stereocenters. The zero-order valence-electron chi connectivity index (χ0n) is 21.9. The van der Waals surface area contributed by atoms with Gasteiger partial charge >= 0.3 is 23.1 Å². The number of carbonyl (C=O) groups excluding carboxylic acids is 3. The third kappa shape index (κ3) is 2.38. The Morgan fingerprint density at radius 1 is 1.00 bits per heavy atom. The fourth-order valence-electron chi connectivity index (χ4n) is 9.10. The Bertz CT molecular complexity index is 1360. The highest BCUT2D eigenvalue weighted by atomic mass is 32.1. The molecule has 214 valence electrons. The van der Waals surface area contributed by atoms with Crippen molar-refractivity contribution in [1.29, 1.82) is 0 Å². The minimum atomic E-state index is -2.44. The molecular weight excluding hydrogens is 548 g/mol. The summed E-state index contributed by atoms with van der Waals surface area (Å²) < 4.78 is 35.2. The number of aliphatic hydroxyl groups excluding tert-OH is 2. The summed E-state index contributed by atoms with van der Waals surface area (Å²) in [7, 11) is 0. The summed E-state index contributed by atoms with van der Waals surface area (Å²) >= 11 is 5.42. The van der Waals surface area contributed by atoms with E-state index < -0.39 is 99.2 Å². The highest BCUT2D eigenvalue weighted by Gasteiger charge is 3.06. The van der Waals surface area contributed by atoms with Gasteiger partial charge in [0.2, 0.25) is 11.9 Å². The van der Waals surface area contributed by atoms with E-state index >= 15 is 0 Å². The molecule has 0 aromatic heterocycles. The van der Waals surface area contributed by atoms with E-state index in [-0.39, 0.29) is 0 Å². The molecule has 2 aliphatic carbocycles. The van der Waals surface area contributed by atoms with Crippen molar-refractivity contribution >= 4 is 35.4 Å². The summed E-state index contributed by atoms with van der Waals surface area (Å²) in [5.74, 6) is -4.99. The predicted molar refractivity (Wildman–Crippen MR) is 132 cm³/mol. The minimum Gasteiger partial charge on any atom is -0.456 e. The number of esters is 3. The number of thiocarbonyl (C=S) groups is 1. The Morgan fingerprint density at radius 3 is 2.33 bits per heavy atom. The van der Waals surface area contributed by atoms with Gasteiger partial charge in [0.15, 0.2) is 23.9 Å². The van der Waals surface area contributed by atoms with Crippen LogP contribution in [0.2, 0.25) is 0 Å². The second kappa shape index (κ2) is 7.51. The fraction of sp³-hybridized carbons (Fsp3) is 0.630. The van der Waals surface area contributed by atoms with Crippen LogP contribution in [0.5, 0.6) is 5.75 Å². The molecule has 0 amide bonds. The van der Waals surface area contributed by atoms with Crippen LogP contribution >= 0.6 is 12.2 Å². The van der Waals surface area contributed by atoms with Crippen LogP contribution in [0.3, 0.4) is 0 Å². The lowest BCUT2D eigenvalue weighted by Crippen LogP contribution is -2.67. The van der Waals surface area contributed by atoms with Crippen molar-refractivity contribution < 1.29 is 58.1 Å². The molecule has 0 radical (unpaired) electrons. The molecule has 3 N–H and O–H groups in total. The van der Waals surface area contributed by atoms with Crippen molar-refractivity contribution in [3.63, 3.8) is 0 Å². The summed E-state index contributed by atoms with van der Waals surface area (Å²) in [5, 5.41) is 35.5. The molecule has 7 rings (SSSR count). The Kier molecular flexibility index (Phi) is 4.90. The molecule has 6 fully saturated rings. The van der Waals surface area contributed by atoms with Crippen LogP contribution in [0.25, 0.3) is 0 Å². The van der Waals surface area contributed by atoms with E-state index in [1.54, 1.807) is 51.1 Å². The number of aliphatic hydroxyl groups is 3. The van der Waals surface area contributed by atoms with Crippen LogP contribution in [-0.4, -0.2) is 86.5 Å². The standard InChI is InChI=1S/C27H28O12S/c1-10-18(30)35-17-16(37-22(40)34-11-8-6-5-7-9-11)25-15-12(28)13(23(2,3)4)24(25)14(29)19(31)38-21(24)39-27(25,20(32)36-15)26(10,17)33/h5-10,12-17,21,28-29,33H,1-4H3/t10-,12-,13+,14+,15?,16+,17?,21?,24?,25?,26-,27?/m1/s1. The van der Waals surface area contributed by atoms with Gasteiger partial charge in [-0.25, -0.2) is 9.59 Å². The molecular formula is C27H28O12S. The van der Waals surface area contributed by atoms with Crippen LogP contribution in [0.1, 0.15) is 27.7 Å². The van der Waals surface area contributed by atoms with Gasteiger partial charge in [-0.1, -0.05) is 39.0 Å². The van der Waals surface area contributed by atoms with Crippen molar-refractivity contribution in [2.45, 2.75) is 75.7 Å². The Balaban J connectivity index is 1.50. The lowest BCUT2D eigenvalue weighted by atomic mass is 9.51. The molecule has 2 saturated carbocycles. The highest BCUT2D eigenvalue weighted by Crippen LogP contribution is 2.85. The molecule has 13 heteroatoms. The van der Waals surface area contributed by atoms with E-state index in [1.807, 2.05) is 0 Å². The van der Waals surface area contributed by atoms with E-state index in [9.17, 15) is 29.7 Å². The second-order valence-corrected chi connectivity index (χ2v) is 12.9. The molecule has 4 heterocycles. The van der Waals surface area contributed by atoms with Crippen LogP contribution in [0.4, 0.5) is 0 Å². The number of ether oxygens (including phenoxy) is 6. The predicted octanol–water partition coefficient (Wildman–Crippen LogP) is -0.0105. The molecule has 12 nitrogen and oxygen atoms in total. The number of carbonyl (C=O) groups is 3. The van der Waals surface area contributed by atoms with Crippen molar-refractivity contribution in [2.24, 2.45) is 28.1 Å². The van der Waals surface area contributed by atoms with E-state index in [0.717, 1.165) is 0 Å². The lowest BCUT2D eigenvalue weighted by molar-refractivity contribution is -0.240. The van der Waals surface area contributed by atoms with E-state index in [1.165, 1.54) is 6.92 Å². The average Bonchev–Trinajstić information content (AvgIpc) is 3.57. The third-order valence-corrected chi connectivity index (χ3v) is 10.3. The number of hydrogen-bond donors (Lipinski definition) is 3. The molecule has 1 aromatic rings. The van der Waals surface area contributed by atoms with Crippen molar-refractivity contribution in [2.75, 3.05) is 0 Å². The zero-order chi connectivity index (χ0) is 28.8. The first kappa shape index (κ1) is 26.1. The zero-order valence-corrected chi connectivity index (χ0v) is 22.7.